The number of hydrogen-bond acceptors (Lipinski definition) is 1. The summed E-state index contributed by atoms with van der Waals surface area (Å²) in [7, 11) is 4.47. The van der Waals surface area contributed by atoms with Crippen molar-refractivity contribution < 1.29 is 0 Å². The number of allylic oxidation sites excluding steroid dienone is 2. The van der Waals surface area contributed by atoms with E-state index in [2.05, 4.69) is 96.0 Å². The van der Waals surface area contributed by atoms with Gasteiger partial charge in [0.2, 0.25) is 0 Å². The summed E-state index contributed by atoms with van der Waals surface area (Å²) in [6, 6.07) is 22.5. The Bertz CT molecular complexity index is 1380. The van der Waals surface area contributed by atoms with Crippen LogP contribution in [0.5, 0.6) is 0 Å². The maximum atomic E-state index is 2.41. The molecule has 33 heavy (non-hydrogen) atoms. The SMILES string of the molecule is Cn1c2c(c3ccccc31)CCC/C=C\CCCc1c(n(C)c3ccccc13)-c1ccc-2s1. The average molecular weight is 451 g/mol. The third kappa shape index (κ3) is 3.38. The first-order valence-corrected chi connectivity index (χ1v) is 12.9. The van der Waals surface area contributed by atoms with Crippen molar-refractivity contribution in [1.29, 1.82) is 0 Å². The highest BCUT2D eigenvalue weighted by Crippen LogP contribution is 2.43. The van der Waals surface area contributed by atoms with Crippen molar-refractivity contribution in [3.05, 3.63) is 83.9 Å². The molecule has 0 atom stereocenters. The molecule has 6 rings (SSSR count). The number of aryl methyl sites for hydroxylation is 4. The maximum absolute atomic E-state index is 2.41. The number of aromatic nitrogens is 2. The van der Waals surface area contributed by atoms with E-state index in [4.69, 9.17) is 0 Å². The molecule has 2 bridgehead atoms. The van der Waals surface area contributed by atoms with Crippen molar-refractivity contribution in [1.82, 2.24) is 9.13 Å². The fraction of sp³-hybridized carbons (Fsp3) is 0.267. The quantitative estimate of drug-likeness (QED) is 0.210. The molecule has 0 aliphatic carbocycles. The molecule has 0 fully saturated rings. The number of hydrogen-bond donors (Lipinski definition) is 0. The molecule has 3 aromatic heterocycles. The van der Waals surface area contributed by atoms with Gasteiger partial charge < -0.3 is 9.13 Å². The van der Waals surface area contributed by atoms with E-state index in [1.807, 2.05) is 11.3 Å². The van der Waals surface area contributed by atoms with E-state index in [0.29, 0.717) is 0 Å². The molecule has 1 aliphatic heterocycles. The lowest BCUT2D eigenvalue weighted by Crippen LogP contribution is -1.93. The molecule has 3 heteroatoms. The molecule has 5 aromatic rings. The number of fused-ring (bicyclic) bond motifs is 10. The third-order valence-corrected chi connectivity index (χ3v) is 8.36. The summed E-state index contributed by atoms with van der Waals surface area (Å²) in [5.74, 6) is 0. The first-order chi connectivity index (χ1) is 16.2. The zero-order chi connectivity index (χ0) is 22.4. The molecule has 0 saturated carbocycles. The fourth-order valence-corrected chi connectivity index (χ4v) is 6.92. The minimum atomic E-state index is 1.12. The van der Waals surface area contributed by atoms with Crippen molar-refractivity contribution in [3.63, 3.8) is 0 Å². The minimum Gasteiger partial charge on any atom is -0.343 e. The van der Waals surface area contributed by atoms with Gasteiger partial charge in [-0.2, -0.15) is 0 Å². The fourth-order valence-electron chi connectivity index (χ4n) is 5.70. The number of thiophene rings is 1. The molecule has 0 radical (unpaired) electrons. The Kier molecular flexibility index (Phi) is 5.22. The van der Waals surface area contributed by atoms with E-state index in [1.54, 1.807) is 0 Å². The summed E-state index contributed by atoms with van der Waals surface area (Å²) in [4.78, 5) is 2.75. The monoisotopic (exact) mass is 450 g/mol. The Hall–Kier alpha value is -3.04. The Morgan fingerprint density at radius 2 is 1.06 bits per heavy atom. The van der Waals surface area contributed by atoms with E-state index >= 15 is 0 Å². The summed E-state index contributed by atoms with van der Waals surface area (Å²) >= 11 is 1.95. The molecule has 0 N–H and O–H groups in total. The summed E-state index contributed by atoms with van der Waals surface area (Å²) in [6.45, 7) is 0. The van der Waals surface area contributed by atoms with Gasteiger partial charge in [0.05, 0.1) is 21.1 Å². The molecule has 4 heterocycles. The number of rotatable bonds is 0. The molecular weight excluding hydrogens is 420 g/mol. The highest BCUT2D eigenvalue weighted by atomic mass is 32.1. The highest BCUT2D eigenvalue weighted by molar-refractivity contribution is 7.18. The maximum Gasteiger partial charge on any atom is 0.0622 e. The third-order valence-electron chi connectivity index (χ3n) is 7.26. The Balaban J connectivity index is 1.59. The van der Waals surface area contributed by atoms with Crippen LogP contribution >= 0.6 is 11.3 Å². The van der Waals surface area contributed by atoms with Crippen LogP contribution in [0.25, 0.3) is 42.9 Å². The van der Waals surface area contributed by atoms with E-state index in [-0.39, 0.29) is 0 Å². The molecule has 166 valence electrons. The predicted octanol–water partition coefficient (Wildman–Crippen LogP) is 8.28. The van der Waals surface area contributed by atoms with Crippen molar-refractivity contribution in [2.24, 2.45) is 14.1 Å². The van der Waals surface area contributed by atoms with Crippen LogP contribution in [0, 0.1) is 0 Å². The van der Waals surface area contributed by atoms with E-state index in [1.165, 1.54) is 66.9 Å². The number of benzene rings is 2. The first-order valence-electron chi connectivity index (χ1n) is 12.1. The van der Waals surface area contributed by atoms with Gasteiger partial charge >= 0.3 is 0 Å². The van der Waals surface area contributed by atoms with Crippen molar-refractivity contribution in [3.8, 4) is 21.1 Å². The second-order valence-electron chi connectivity index (χ2n) is 9.23. The van der Waals surface area contributed by atoms with Gasteiger partial charge in [-0.25, -0.2) is 0 Å². The van der Waals surface area contributed by atoms with Crippen molar-refractivity contribution >= 4 is 33.1 Å². The van der Waals surface area contributed by atoms with Crippen LogP contribution in [0.3, 0.4) is 0 Å². The minimum absolute atomic E-state index is 1.12. The van der Waals surface area contributed by atoms with Gasteiger partial charge in [-0.05, 0) is 73.9 Å². The van der Waals surface area contributed by atoms with Gasteiger partial charge in [-0.15, -0.1) is 11.3 Å². The Morgan fingerprint density at radius 1 is 0.606 bits per heavy atom. The Morgan fingerprint density at radius 3 is 1.55 bits per heavy atom. The largest absolute Gasteiger partial charge is 0.343 e. The summed E-state index contributed by atoms with van der Waals surface area (Å²) < 4.78 is 4.83. The smallest absolute Gasteiger partial charge is 0.0622 e. The van der Waals surface area contributed by atoms with Gasteiger partial charge in [0.15, 0.2) is 0 Å². The standard InChI is InChI=1S/C30H30N2S/c1-31-25-17-11-9-13-21(25)23-15-7-5-3-4-6-8-16-24-22-14-10-12-18-26(22)32(2)30(24)28-20-19-27(33-28)29(23)31/h3-4,9-14,17-20H,5-8,15-16H2,1-2H3/b4-3-. The second-order valence-corrected chi connectivity index (χ2v) is 10.3. The van der Waals surface area contributed by atoms with Crippen LogP contribution in [-0.2, 0) is 26.9 Å². The van der Waals surface area contributed by atoms with Gasteiger partial charge in [0, 0.05) is 35.9 Å². The molecule has 2 nitrogen and oxygen atoms in total. The van der Waals surface area contributed by atoms with Crippen LogP contribution in [-0.4, -0.2) is 9.13 Å². The van der Waals surface area contributed by atoms with Crippen LogP contribution < -0.4 is 0 Å². The van der Waals surface area contributed by atoms with Gasteiger partial charge in [-0.1, -0.05) is 48.6 Å². The topological polar surface area (TPSA) is 9.86 Å². The normalized spacial score (nSPS) is 15.7. The molecule has 0 unspecified atom stereocenters. The molecule has 0 saturated heterocycles. The molecule has 0 amide bonds. The van der Waals surface area contributed by atoms with Crippen LogP contribution in [0.2, 0.25) is 0 Å². The van der Waals surface area contributed by atoms with Crippen LogP contribution in [0.1, 0.15) is 36.8 Å². The molecule has 0 spiro atoms. The Labute approximate surface area is 199 Å². The molecule has 1 aliphatic rings. The zero-order valence-electron chi connectivity index (χ0n) is 19.5. The lowest BCUT2D eigenvalue weighted by Gasteiger charge is -2.07. The van der Waals surface area contributed by atoms with Crippen molar-refractivity contribution in [2.45, 2.75) is 38.5 Å². The molecule has 2 aromatic carbocycles. The first kappa shape index (κ1) is 20.6. The average Bonchev–Trinajstić information content (AvgIpc) is 3.49. The van der Waals surface area contributed by atoms with E-state index < -0.39 is 0 Å². The second kappa shape index (κ2) is 8.39. The van der Waals surface area contributed by atoms with Crippen molar-refractivity contribution in [2.75, 3.05) is 0 Å². The summed E-state index contributed by atoms with van der Waals surface area (Å²) in [6.07, 6.45) is 11.7. The predicted molar refractivity (Wildman–Crippen MR) is 143 cm³/mol. The van der Waals surface area contributed by atoms with Gasteiger partial charge in [0.1, 0.15) is 0 Å². The lowest BCUT2D eigenvalue weighted by molar-refractivity contribution is 0.819. The van der Waals surface area contributed by atoms with Crippen LogP contribution in [0.15, 0.2) is 72.8 Å². The number of para-hydroxylation sites is 2. The highest BCUT2D eigenvalue weighted by Gasteiger charge is 2.21. The summed E-state index contributed by atoms with van der Waals surface area (Å²) in [5, 5.41) is 2.81. The van der Waals surface area contributed by atoms with E-state index in [0.717, 1.165) is 25.7 Å². The number of nitrogens with zero attached hydrogens (tertiary/aromatic N) is 2. The van der Waals surface area contributed by atoms with E-state index in [9.17, 15) is 0 Å². The van der Waals surface area contributed by atoms with Gasteiger partial charge in [0.25, 0.3) is 0 Å². The molecular formula is C30H30N2S. The van der Waals surface area contributed by atoms with Crippen LogP contribution in [0.4, 0.5) is 0 Å². The zero-order valence-corrected chi connectivity index (χ0v) is 20.3. The van der Waals surface area contributed by atoms with Gasteiger partial charge in [-0.3, -0.25) is 0 Å². The lowest BCUT2D eigenvalue weighted by atomic mass is 10.0. The summed E-state index contributed by atoms with van der Waals surface area (Å²) in [5.41, 5.74) is 8.46.